The van der Waals surface area contributed by atoms with Crippen LogP contribution < -0.4 is 0 Å². The number of nitrogens with zero attached hydrogens (tertiary/aromatic N) is 1. The molecule has 1 atom stereocenters. The predicted octanol–water partition coefficient (Wildman–Crippen LogP) is 1.31. The van der Waals surface area contributed by atoms with Gasteiger partial charge in [0.15, 0.2) is 0 Å². The highest BCUT2D eigenvalue weighted by molar-refractivity contribution is 8.15. The molecule has 0 radical (unpaired) electrons. The summed E-state index contributed by atoms with van der Waals surface area (Å²) < 4.78 is 0. The van der Waals surface area contributed by atoms with Crippen LogP contribution in [0.25, 0.3) is 0 Å². The molecule has 0 bridgehead atoms. The number of thioether (sulfide) groups is 1. The fourth-order valence-corrected chi connectivity index (χ4v) is 3.48. The van der Waals surface area contributed by atoms with E-state index in [-0.39, 0.29) is 17.6 Å². The zero-order chi connectivity index (χ0) is 13.1. The lowest BCUT2D eigenvalue weighted by Gasteiger charge is -2.12. The third-order valence-corrected chi connectivity index (χ3v) is 4.70. The van der Waals surface area contributed by atoms with E-state index in [4.69, 9.17) is 5.11 Å². The summed E-state index contributed by atoms with van der Waals surface area (Å²) in [5.74, 6) is -1.29. The van der Waals surface area contributed by atoms with Crippen molar-refractivity contribution in [1.82, 2.24) is 4.90 Å². The second-order valence-corrected chi connectivity index (χ2v) is 5.94. The minimum atomic E-state index is -1.03. The standard InChI is InChI=1S/C11H11NO4S2/c13-9(14)6-12-4-3-7(10(12)15)18-11(16)8-2-1-5-17-8/h1-2,5,7H,3-4,6H2,(H,13,14)/t7-/m1/s1. The first-order valence-corrected chi connectivity index (χ1v) is 7.09. The molecule has 0 aromatic carbocycles. The Balaban J connectivity index is 1.94. The van der Waals surface area contributed by atoms with Crippen LogP contribution in [0.2, 0.25) is 0 Å². The molecule has 0 unspecified atom stereocenters. The highest BCUT2D eigenvalue weighted by atomic mass is 32.2. The van der Waals surface area contributed by atoms with E-state index < -0.39 is 11.2 Å². The Kier molecular flexibility index (Phi) is 4.03. The van der Waals surface area contributed by atoms with Crippen molar-refractivity contribution in [3.05, 3.63) is 22.4 Å². The maximum Gasteiger partial charge on any atom is 0.323 e. The highest BCUT2D eigenvalue weighted by Gasteiger charge is 2.34. The molecule has 0 spiro atoms. The van der Waals surface area contributed by atoms with Crippen molar-refractivity contribution in [1.29, 1.82) is 0 Å². The van der Waals surface area contributed by atoms with Crippen LogP contribution >= 0.6 is 23.1 Å². The van der Waals surface area contributed by atoms with Crippen molar-refractivity contribution < 1.29 is 19.5 Å². The van der Waals surface area contributed by atoms with Gasteiger partial charge in [-0.2, -0.15) is 0 Å². The summed E-state index contributed by atoms with van der Waals surface area (Å²) >= 11 is 2.33. The Labute approximate surface area is 112 Å². The molecule has 1 saturated heterocycles. The Bertz CT molecular complexity index is 471. The molecule has 96 valence electrons. The number of thiophene rings is 1. The lowest BCUT2D eigenvalue weighted by atomic mass is 10.4. The van der Waals surface area contributed by atoms with Gasteiger partial charge in [0.25, 0.3) is 0 Å². The monoisotopic (exact) mass is 285 g/mol. The number of amides is 1. The molecule has 1 aliphatic rings. The van der Waals surface area contributed by atoms with E-state index in [2.05, 4.69) is 0 Å². The molecule has 0 saturated carbocycles. The molecule has 0 aliphatic carbocycles. The van der Waals surface area contributed by atoms with E-state index in [1.807, 2.05) is 0 Å². The van der Waals surface area contributed by atoms with Crippen LogP contribution in [0.5, 0.6) is 0 Å². The van der Waals surface area contributed by atoms with E-state index in [1.165, 1.54) is 16.2 Å². The van der Waals surface area contributed by atoms with E-state index >= 15 is 0 Å². The fraction of sp³-hybridized carbons (Fsp3) is 0.364. The first-order valence-electron chi connectivity index (χ1n) is 5.33. The van der Waals surface area contributed by atoms with Gasteiger partial charge in [0, 0.05) is 6.54 Å². The maximum absolute atomic E-state index is 11.8. The van der Waals surface area contributed by atoms with E-state index in [9.17, 15) is 14.4 Å². The van der Waals surface area contributed by atoms with Crippen molar-refractivity contribution in [2.75, 3.05) is 13.1 Å². The Morgan fingerprint density at radius 2 is 2.33 bits per heavy atom. The minimum absolute atomic E-state index is 0.125. The molecular formula is C11H11NO4S2. The van der Waals surface area contributed by atoms with Crippen LogP contribution in [-0.4, -0.2) is 45.3 Å². The zero-order valence-corrected chi connectivity index (χ0v) is 11.0. The topological polar surface area (TPSA) is 74.7 Å². The van der Waals surface area contributed by atoms with Crippen LogP contribution in [0, 0.1) is 0 Å². The quantitative estimate of drug-likeness (QED) is 0.902. The van der Waals surface area contributed by atoms with Gasteiger partial charge in [0.1, 0.15) is 6.54 Å². The Hall–Kier alpha value is -1.34. The first kappa shape index (κ1) is 13.1. The smallest absolute Gasteiger partial charge is 0.323 e. The lowest BCUT2D eigenvalue weighted by Crippen LogP contribution is -2.33. The SMILES string of the molecule is O=C(O)CN1CC[C@@H](SC(=O)c2cccs2)C1=O. The molecule has 1 fully saturated rings. The van der Waals surface area contributed by atoms with Gasteiger partial charge in [-0.15, -0.1) is 11.3 Å². The molecule has 7 heteroatoms. The van der Waals surface area contributed by atoms with Gasteiger partial charge < -0.3 is 10.0 Å². The van der Waals surface area contributed by atoms with Gasteiger partial charge >= 0.3 is 5.97 Å². The zero-order valence-electron chi connectivity index (χ0n) is 9.37. The average molecular weight is 285 g/mol. The Morgan fingerprint density at radius 1 is 1.56 bits per heavy atom. The number of carboxylic acid groups (broad SMARTS) is 1. The normalized spacial score (nSPS) is 19.2. The van der Waals surface area contributed by atoms with E-state index in [0.29, 0.717) is 17.8 Å². The number of carbonyl (C=O) groups excluding carboxylic acids is 2. The summed E-state index contributed by atoms with van der Waals surface area (Å²) in [5, 5.41) is 9.88. The van der Waals surface area contributed by atoms with Crippen LogP contribution in [-0.2, 0) is 9.59 Å². The highest BCUT2D eigenvalue weighted by Crippen LogP contribution is 2.28. The van der Waals surface area contributed by atoms with Crippen LogP contribution in [0.1, 0.15) is 16.1 Å². The van der Waals surface area contributed by atoms with Gasteiger partial charge in [0.05, 0.1) is 10.1 Å². The summed E-state index contributed by atoms with van der Waals surface area (Å²) in [6, 6.07) is 3.50. The van der Waals surface area contributed by atoms with Crippen molar-refractivity contribution >= 4 is 40.1 Å². The molecule has 1 amide bonds. The molecule has 1 aromatic heterocycles. The number of carbonyl (C=O) groups is 3. The van der Waals surface area contributed by atoms with Crippen molar-refractivity contribution in [2.24, 2.45) is 0 Å². The molecule has 2 rings (SSSR count). The lowest BCUT2D eigenvalue weighted by molar-refractivity contribution is -0.142. The number of hydrogen-bond donors (Lipinski definition) is 1. The third kappa shape index (κ3) is 2.91. The molecular weight excluding hydrogens is 274 g/mol. The molecule has 2 heterocycles. The number of aliphatic carboxylic acids is 1. The maximum atomic E-state index is 11.8. The Morgan fingerprint density at radius 3 is 2.94 bits per heavy atom. The third-order valence-electron chi connectivity index (χ3n) is 2.55. The number of likely N-dealkylation sites (tertiary alicyclic amines) is 1. The second-order valence-electron chi connectivity index (χ2n) is 3.81. The number of hydrogen-bond acceptors (Lipinski definition) is 5. The largest absolute Gasteiger partial charge is 0.480 e. The van der Waals surface area contributed by atoms with Gasteiger partial charge in [-0.05, 0) is 17.9 Å². The van der Waals surface area contributed by atoms with Crippen LogP contribution in [0.15, 0.2) is 17.5 Å². The number of rotatable bonds is 4. The van der Waals surface area contributed by atoms with Crippen molar-refractivity contribution in [3.8, 4) is 0 Å². The fourth-order valence-electron chi connectivity index (χ4n) is 1.72. The molecule has 1 N–H and O–H groups in total. The molecule has 5 nitrogen and oxygen atoms in total. The van der Waals surface area contributed by atoms with Crippen molar-refractivity contribution in [2.45, 2.75) is 11.7 Å². The van der Waals surface area contributed by atoms with E-state index in [0.717, 1.165) is 11.8 Å². The van der Waals surface area contributed by atoms with Gasteiger partial charge in [-0.3, -0.25) is 14.4 Å². The average Bonchev–Trinajstić information content (AvgIpc) is 2.93. The number of carboxylic acids is 1. The van der Waals surface area contributed by atoms with Crippen LogP contribution in [0.4, 0.5) is 0 Å². The van der Waals surface area contributed by atoms with Crippen LogP contribution in [0.3, 0.4) is 0 Å². The second kappa shape index (κ2) is 5.53. The summed E-state index contributed by atoms with van der Waals surface area (Å²) in [4.78, 5) is 36.1. The molecule has 1 aliphatic heterocycles. The van der Waals surface area contributed by atoms with E-state index in [1.54, 1.807) is 17.5 Å². The summed E-state index contributed by atoms with van der Waals surface area (Å²) in [6.07, 6.45) is 0.522. The summed E-state index contributed by atoms with van der Waals surface area (Å²) in [6.45, 7) is 0.115. The summed E-state index contributed by atoms with van der Waals surface area (Å²) in [5.41, 5.74) is 0. The van der Waals surface area contributed by atoms with Crippen molar-refractivity contribution in [3.63, 3.8) is 0 Å². The van der Waals surface area contributed by atoms with Gasteiger partial charge in [-0.1, -0.05) is 17.8 Å². The predicted molar refractivity (Wildman–Crippen MR) is 68.9 cm³/mol. The van der Waals surface area contributed by atoms with Gasteiger partial charge in [-0.25, -0.2) is 0 Å². The molecule has 18 heavy (non-hydrogen) atoms. The minimum Gasteiger partial charge on any atom is -0.480 e. The molecule has 1 aromatic rings. The first-order chi connectivity index (χ1) is 8.58. The van der Waals surface area contributed by atoms with Gasteiger partial charge in [0.2, 0.25) is 11.0 Å². The summed E-state index contributed by atoms with van der Waals surface area (Å²) in [7, 11) is 0.